The Bertz CT molecular complexity index is 755. The van der Waals surface area contributed by atoms with Crippen LogP contribution in [-0.4, -0.2) is 20.1 Å². The zero-order valence-corrected chi connectivity index (χ0v) is 14.9. The summed E-state index contributed by atoms with van der Waals surface area (Å²) in [6.45, 7) is 0. The number of benzene rings is 2. The van der Waals surface area contributed by atoms with Crippen LogP contribution in [0.3, 0.4) is 0 Å². The molecule has 0 unspecified atom stereocenters. The zero-order chi connectivity index (χ0) is 17.6. The fourth-order valence-corrected chi connectivity index (χ4v) is 3.41. The molecule has 0 bridgehead atoms. The van der Waals surface area contributed by atoms with E-state index in [9.17, 15) is 4.79 Å². The van der Waals surface area contributed by atoms with Crippen LogP contribution >= 0.6 is 0 Å². The highest BCUT2D eigenvalue weighted by Gasteiger charge is 2.14. The molecule has 132 valence electrons. The molecule has 0 saturated carbocycles. The fourth-order valence-electron chi connectivity index (χ4n) is 3.41. The second-order valence-corrected chi connectivity index (χ2v) is 6.39. The normalized spacial score (nSPS) is 13.0. The second kappa shape index (κ2) is 8.06. The van der Waals surface area contributed by atoms with Crippen molar-refractivity contribution in [1.29, 1.82) is 0 Å². The first kappa shape index (κ1) is 17.3. The molecule has 2 aromatic carbocycles. The first-order valence-corrected chi connectivity index (χ1v) is 8.83. The lowest BCUT2D eigenvalue weighted by atomic mass is 9.90. The second-order valence-electron chi connectivity index (χ2n) is 6.39. The summed E-state index contributed by atoms with van der Waals surface area (Å²) in [5, 5.41) is 3.10. The summed E-state index contributed by atoms with van der Waals surface area (Å²) < 4.78 is 10.6. The van der Waals surface area contributed by atoms with Gasteiger partial charge in [-0.2, -0.15) is 0 Å². The monoisotopic (exact) mass is 339 g/mol. The predicted octanol–water partition coefficient (Wildman–Crippen LogP) is 4.15. The molecule has 0 fully saturated rings. The summed E-state index contributed by atoms with van der Waals surface area (Å²) in [4.78, 5) is 12.4. The Kier molecular flexibility index (Phi) is 5.59. The van der Waals surface area contributed by atoms with E-state index in [1.54, 1.807) is 14.2 Å². The van der Waals surface area contributed by atoms with E-state index in [2.05, 4.69) is 11.4 Å². The van der Waals surface area contributed by atoms with E-state index in [1.165, 1.54) is 24.0 Å². The lowest BCUT2D eigenvalue weighted by Gasteiger charge is -2.19. The van der Waals surface area contributed by atoms with Crippen LogP contribution in [0.2, 0.25) is 0 Å². The van der Waals surface area contributed by atoms with Gasteiger partial charge in [-0.15, -0.1) is 0 Å². The van der Waals surface area contributed by atoms with Gasteiger partial charge < -0.3 is 14.8 Å². The van der Waals surface area contributed by atoms with Gasteiger partial charge in [0.25, 0.3) is 0 Å². The maximum atomic E-state index is 12.4. The largest absolute Gasteiger partial charge is 0.493 e. The van der Waals surface area contributed by atoms with Crippen LogP contribution in [0.15, 0.2) is 36.4 Å². The molecule has 1 aliphatic carbocycles. The highest BCUT2D eigenvalue weighted by molar-refractivity contribution is 5.91. The van der Waals surface area contributed by atoms with Crippen LogP contribution in [0.4, 0.5) is 5.69 Å². The molecular weight excluding hydrogens is 314 g/mol. The minimum atomic E-state index is 0.0498. The first-order chi connectivity index (χ1) is 12.2. The molecule has 0 radical (unpaired) electrons. The van der Waals surface area contributed by atoms with E-state index in [4.69, 9.17) is 9.47 Å². The highest BCUT2D eigenvalue weighted by atomic mass is 16.5. The third-order valence-corrected chi connectivity index (χ3v) is 4.76. The van der Waals surface area contributed by atoms with E-state index in [0.717, 1.165) is 24.1 Å². The summed E-state index contributed by atoms with van der Waals surface area (Å²) in [7, 11) is 3.23. The van der Waals surface area contributed by atoms with Crippen molar-refractivity contribution in [3.05, 3.63) is 53.1 Å². The van der Waals surface area contributed by atoms with Crippen molar-refractivity contribution in [2.45, 2.75) is 38.5 Å². The SMILES string of the molecule is COc1ccc(CCC(=O)Nc2cccc3c2CCCC3)cc1OC. The van der Waals surface area contributed by atoms with Crippen molar-refractivity contribution >= 4 is 11.6 Å². The van der Waals surface area contributed by atoms with Crippen molar-refractivity contribution < 1.29 is 14.3 Å². The molecule has 4 heteroatoms. The first-order valence-electron chi connectivity index (χ1n) is 8.83. The molecule has 0 heterocycles. The molecule has 0 saturated heterocycles. The number of nitrogens with one attached hydrogen (secondary N) is 1. The van der Waals surface area contributed by atoms with E-state index in [0.29, 0.717) is 24.3 Å². The highest BCUT2D eigenvalue weighted by Crippen LogP contribution is 2.29. The van der Waals surface area contributed by atoms with Crippen LogP contribution in [0.1, 0.15) is 36.0 Å². The van der Waals surface area contributed by atoms with Gasteiger partial charge in [-0.1, -0.05) is 18.2 Å². The average molecular weight is 339 g/mol. The van der Waals surface area contributed by atoms with Crippen molar-refractivity contribution in [2.75, 3.05) is 19.5 Å². The van der Waals surface area contributed by atoms with Gasteiger partial charge in [0.1, 0.15) is 0 Å². The number of ether oxygens (including phenoxy) is 2. The van der Waals surface area contributed by atoms with Crippen LogP contribution in [-0.2, 0) is 24.1 Å². The van der Waals surface area contributed by atoms with Gasteiger partial charge in [0, 0.05) is 12.1 Å². The molecule has 25 heavy (non-hydrogen) atoms. The predicted molar refractivity (Wildman–Crippen MR) is 99.6 cm³/mol. The summed E-state index contributed by atoms with van der Waals surface area (Å²) in [5.74, 6) is 1.44. The average Bonchev–Trinajstić information content (AvgIpc) is 2.66. The molecule has 0 aromatic heterocycles. The molecule has 4 nitrogen and oxygen atoms in total. The minimum Gasteiger partial charge on any atom is -0.493 e. The number of hydrogen-bond acceptors (Lipinski definition) is 3. The number of carbonyl (C=O) groups is 1. The summed E-state index contributed by atoms with van der Waals surface area (Å²) in [6.07, 6.45) is 5.72. The van der Waals surface area contributed by atoms with Gasteiger partial charge in [0.2, 0.25) is 5.91 Å². The van der Waals surface area contributed by atoms with E-state index >= 15 is 0 Å². The number of carbonyl (C=O) groups excluding carboxylic acids is 1. The van der Waals surface area contributed by atoms with Crippen LogP contribution in [0.25, 0.3) is 0 Å². The van der Waals surface area contributed by atoms with Crippen molar-refractivity contribution in [3.63, 3.8) is 0 Å². The number of anilines is 1. The van der Waals surface area contributed by atoms with E-state index < -0.39 is 0 Å². The molecule has 0 atom stereocenters. The smallest absolute Gasteiger partial charge is 0.224 e. The van der Waals surface area contributed by atoms with Crippen molar-refractivity contribution in [2.24, 2.45) is 0 Å². The topological polar surface area (TPSA) is 47.6 Å². The minimum absolute atomic E-state index is 0.0498. The number of aryl methyl sites for hydroxylation is 2. The van der Waals surface area contributed by atoms with Crippen LogP contribution < -0.4 is 14.8 Å². The molecule has 2 aromatic rings. The van der Waals surface area contributed by atoms with Crippen LogP contribution in [0.5, 0.6) is 11.5 Å². The van der Waals surface area contributed by atoms with E-state index in [-0.39, 0.29) is 5.91 Å². The molecule has 1 amide bonds. The van der Waals surface area contributed by atoms with Crippen LogP contribution in [0, 0.1) is 0 Å². The summed E-state index contributed by atoms with van der Waals surface area (Å²) >= 11 is 0. The number of methoxy groups -OCH3 is 2. The van der Waals surface area contributed by atoms with Gasteiger partial charge in [-0.05, 0) is 67.0 Å². The van der Waals surface area contributed by atoms with Gasteiger partial charge in [0.15, 0.2) is 11.5 Å². The number of rotatable bonds is 6. The lowest BCUT2D eigenvalue weighted by Crippen LogP contribution is -2.15. The fraction of sp³-hybridized carbons (Fsp3) is 0.381. The molecule has 1 aliphatic rings. The Hall–Kier alpha value is -2.49. The Labute approximate surface area is 149 Å². The Morgan fingerprint density at radius 1 is 1.04 bits per heavy atom. The van der Waals surface area contributed by atoms with E-state index in [1.807, 2.05) is 30.3 Å². The molecule has 0 spiro atoms. The molecule has 1 N–H and O–H groups in total. The third-order valence-electron chi connectivity index (χ3n) is 4.76. The zero-order valence-electron chi connectivity index (χ0n) is 14.9. The number of fused-ring (bicyclic) bond motifs is 1. The van der Waals surface area contributed by atoms with Gasteiger partial charge >= 0.3 is 0 Å². The Morgan fingerprint density at radius 3 is 2.64 bits per heavy atom. The van der Waals surface area contributed by atoms with Gasteiger partial charge in [-0.3, -0.25) is 4.79 Å². The lowest BCUT2D eigenvalue weighted by molar-refractivity contribution is -0.116. The van der Waals surface area contributed by atoms with Gasteiger partial charge in [0.05, 0.1) is 14.2 Å². The third kappa shape index (κ3) is 4.13. The Balaban J connectivity index is 1.62. The van der Waals surface area contributed by atoms with Crippen molar-refractivity contribution in [1.82, 2.24) is 0 Å². The molecule has 0 aliphatic heterocycles. The van der Waals surface area contributed by atoms with Gasteiger partial charge in [-0.25, -0.2) is 0 Å². The summed E-state index contributed by atoms with van der Waals surface area (Å²) in [6, 6.07) is 12.0. The number of hydrogen-bond donors (Lipinski definition) is 1. The summed E-state index contributed by atoms with van der Waals surface area (Å²) in [5.41, 5.74) is 4.73. The maximum absolute atomic E-state index is 12.4. The maximum Gasteiger partial charge on any atom is 0.224 e. The quantitative estimate of drug-likeness (QED) is 0.860. The number of amides is 1. The molecule has 3 rings (SSSR count). The van der Waals surface area contributed by atoms with Crippen molar-refractivity contribution in [3.8, 4) is 11.5 Å². The molecular formula is C21H25NO3. The standard InChI is InChI=1S/C21H25NO3/c1-24-19-12-10-15(14-20(19)25-2)11-13-21(23)22-18-9-5-7-16-6-3-4-8-17(16)18/h5,7,9-10,12,14H,3-4,6,8,11,13H2,1-2H3,(H,22,23). The Morgan fingerprint density at radius 2 is 1.84 bits per heavy atom.